The number of hydrogen-bond donors (Lipinski definition) is 3. The Balaban J connectivity index is 1.23. The highest BCUT2D eigenvalue weighted by Crippen LogP contribution is 2.62. The molecule has 0 radical (unpaired) electrons. The van der Waals surface area contributed by atoms with E-state index in [2.05, 4.69) is 24.9 Å². The molecule has 2 aliphatic heterocycles. The third-order valence-electron chi connectivity index (χ3n) is 15.9. The number of rotatable bonds is 32. The van der Waals surface area contributed by atoms with E-state index in [4.69, 9.17) is 47.9 Å². The van der Waals surface area contributed by atoms with Crippen LogP contribution in [0.15, 0.2) is 114 Å². The van der Waals surface area contributed by atoms with Crippen molar-refractivity contribution < 1.29 is 62.5 Å². The Morgan fingerprint density at radius 2 is 1.51 bits per heavy atom. The molecule has 2 heterocycles. The van der Waals surface area contributed by atoms with Gasteiger partial charge in [-0.25, -0.2) is 9.59 Å². The minimum absolute atomic E-state index is 0.0307. The number of amides is 2. The number of nitrogens with one attached hydrogen (secondary N) is 1. The molecule has 1 fully saturated rings. The fraction of sp³-hybridized carbons (Fsp3) is 0.516. The number of anilines is 1. The molecule has 6 unspecified atom stereocenters. The van der Waals surface area contributed by atoms with Crippen LogP contribution in [0.5, 0.6) is 34.5 Å². The largest absolute Gasteiger partial charge is 0.497 e. The van der Waals surface area contributed by atoms with Crippen LogP contribution >= 0.6 is 0 Å². The summed E-state index contributed by atoms with van der Waals surface area (Å²) in [6.07, 6.45) is 18.4. The van der Waals surface area contributed by atoms with E-state index in [0.29, 0.717) is 65.8 Å². The van der Waals surface area contributed by atoms with Gasteiger partial charge >= 0.3 is 12.2 Å². The Morgan fingerprint density at radius 3 is 2.25 bits per heavy atom. The highest BCUT2D eigenvalue weighted by Gasteiger charge is 2.66. The molecule has 16 heteroatoms. The fourth-order valence-corrected chi connectivity index (χ4v) is 12.0. The van der Waals surface area contributed by atoms with Crippen molar-refractivity contribution in [2.24, 2.45) is 22.9 Å². The lowest BCUT2D eigenvalue weighted by molar-refractivity contribution is -0.256. The third-order valence-corrected chi connectivity index (χ3v) is 15.9. The number of benzene rings is 4. The summed E-state index contributed by atoms with van der Waals surface area (Å²) in [4.78, 5) is 37.2. The van der Waals surface area contributed by atoms with Gasteiger partial charge in [0.1, 0.15) is 35.6 Å². The van der Waals surface area contributed by atoms with Crippen LogP contribution in [0.1, 0.15) is 139 Å². The predicted molar refractivity (Wildman–Crippen MR) is 307 cm³/mol. The molecule has 2 amide bonds. The van der Waals surface area contributed by atoms with Gasteiger partial charge in [0.2, 0.25) is 12.6 Å². The molecular weight excluding hydrogens is 1020 g/mol. The van der Waals surface area contributed by atoms with Gasteiger partial charge in [0.05, 0.1) is 44.8 Å². The zero-order valence-corrected chi connectivity index (χ0v) is 47.1. The number of aliphatic hydroxyl groups excluding tert-OH is 2. The Hall–Kier alpha value is -6.75. The van der Waals surface area contributed by atoms with Crippen molar-refractivity contribution in [3.63, 3.8) is 0 Å². The summed E-state index contributed by atoms with van der Waals surface area (Å²) >= 11 is 0. The van der Waals surface area contributed by atoms with Crippen LogP contribution < -0.4 is 33.7 Å². The van der Waals surface area contributed by atoms with Gasteiger partial charge in [-0.2, -0.15) is 0 Å². The summed E-state index contributed by atoms with van der Waals surface area (Å²) < 4.78 is 49.7. The van der Waals surface area contributed by atoms with E-state index in [1.165, 1.54) is 45.6 Å². The van der Waals surface area contributed by atoms with E-state index in [9.17, 15) is 15.0 Å². The van der Waals surface area contributed by atoms with Crippen LogP contribution in [0.25, 0.3) is 0 Å². The molecular formula is C64H83N3O13. The molecule has 4 aromatic carbocycles. The molecule has 3 N–H and O–H groups in total. The number of carbonyl (C=O) groups excluding carboxylic acids is 2. The first-order valence-corrected chi connectivity index (χ1v) is 29.0. The van der Waals surface area contributed by atoms with Crippen molar-refractivity contribution in [3.8, 4) is 34.5 Å². The number of allylic oxidation sites excluding steroid dienone is 1. The summed E-state index contributed by atoms with van der Waals surface area (Å²) in [5, 5.41) is 28.1. The van der Waals surface area contributed by atoms with E-state index >= 15 is 4.79 Å². The van der Waals surface area contributed by atoms with E-state index in [1.807, 2.05) is 54.6 Å². The number of fused-ring (bicyclic) bond motifs is 3. The van der Waals surface area contributed by atoms with Gasteiger partial charge < -0.3 is 52.9 Å². The average molecular weight is 1100 g/mol. The maximum absolute atomic E-state index is 15.3. The molecule has 0 bridgehead atoms. The minimum atomic E-state index is -1.58. The number of nitrogens with zero attached hydrogens (tertiary/aromatic N) is 2. The molecule has 0 aromatic heterocycles. The number of methoxy groups -OCH3 is 2. The zero-order chi connectivity index (χ0) is 56.1. The summed E-state index contributed by atoms with van der Waals surface area (Å²) in [5.74, 6) is 0.162. The number of aliphatic hydroxyl groups is 2. The van der Waals surface area contributed by atoms with Crippen molar-refractivity contribution in [1.82, 2.24) is 4.90 Å². The van der Waals surface area contributed by atoms with Gasteiger partial charge in [-0.3, -0.25) is 10.2 Å². The topological polar surface area (TPSA) is 185 Å². The van der Waals surface area contributed by atoms with E-state index in [1.54, 1.807) is 48.4 Å². The van der Waals surface area contributed by atoms with Crippen LogP contribution in [-0.4, -0.2) is 92.3 Å². The van der Waals surface area contributed by atoms with Crippen molar-refractivity contribution in [2.45, 2.75) is 147 Å². The molecule has 0 saturated heterocycles. The van der Waals surface area contributed by atoms with E-state index < -0.39 is 35.9 Å². The lowest BCUT2D eigenvalue weighted by Crippen LogP contribution is -2.70. The van der Waals surface area contributed by atoms with Gasteiger partial charge in [-0.15, -0.1) is 6.58 Å². The van der Waals surface area contributed by atoms with Gasteiger partial charge in [0.25, 0.3) is 0 Å². The maximum atomic E-state index is 15.3. The molecule has 6 atom stereocenters. The maximum Gasteiger partial charge on any atom is 0.417 e. The highest BCUT2D eigenvalue weighted by atomic mass is 16.7. The second-order valence-corrected chi connectivity index (χ2v) is 21.2. The number of oxime groups is 1. The van der Waals surface area contributed by atoms with Gasteiger partial charge in [0, 0.05) is 43.7 Å². The molecule has 0 spiro atoms. The van der Waals surface area contributed by atoms with Crippen LogP contribution in [0.3, 0.4) is 0 Å². The Labute approximate surface area is 472 Å². The summed E-state index contributed by atoms with van der Waals surface area (Å²) in [6.45, 7) is 7.10. The van der Waals surface area contributed by atoms with Gasteiger partial charge in [-0.05, 0) is 103 Å². The first-order valence-electron chi connectivity index (χ1n) is 29.0. The summed E-state index contributed by atoms with van der Waals surface area (Å²) in [5.41, 5.74) is 4.37. The molecule has 432 valence electrons. The predicted octanol–water partition coefficient (Wildman–Crippen LogP) is 13.4. The number of unbranched alkanes of at least 4 members (excludes halogenated alkanes) is 11. The van der Waals surface area contributed by atoms with Crippen molar-refractivity contribution >= 4 is 23.6 Å². The van der Waals surface area contributed by atoms with Crippen LogP contribution in [0.4, 0.5) is 15.3 Å². The van der Waals surface area contributed by atoms with Crippen LogP contribution in [0, 0.1) is 17.8 Å². The lowest BCUT2D eigenvalue weighted by Gasteiger charge is -2.59. The Morgan fingerprint density at radius 1 is 0.787 bits per heavy atom. The molecule has 2 aliphatic carbocycles. The summed E-state index contributed by atoms with van der Waals surface area (Å²) in [6, 6.07) is 25.1. The first-order chi connectivity index (χ1) is 39.2. The Kier molecular flexibility index (Phi) is 22.4. The standard InChI is InChI=1S/C64H83N3O13/c1-5-7-8-9-10-11-12-13-14-22-36-74-63(71)67(42-46-27-31-56-58(37-46)76-44-75-56)59-41-54(66-78-43-45-23-16-15-17-24-45)51-38-47(25-18-20-33-68)50(26-19-21-34-69)60-52-39-49(29-32-55(52)80-64(59,61(51)60)77-35-6-2)79-62(70)65-53-30-28-48(72-3)40-57(53)73-4/h6,15-17,23-24,27-32,37-40,47,50,59-61,68-69H,2,5,7-14,18-22,25-26,33-36,41-44H2,1,3-4H3,(H,65,70). The molecule has 16 nitrogen and oxygen atoms in total. The molecule has 8 rings (SSSR count). The monoisotopic (exact) mass is 1100 g/mol. The van der Waals surface area contributed by atoms with Crippen molar-refractivity contribution in [2.75, 3.05) is 52.8 Å². The van der Waals surface area contributed by atoms with Gasteiger partial charge in [0.15, 0.2) is 11.5 Å². The third kappa shape index (κ3) is 15.0. The summed E-state index contributed by atoms with van der Waals surface area (Å²) in [7, 11) is 3.06. The first kappa shape index (κ1) is 59.4. The van der Waals surface area contributed by atoms with Crippen molar-refractivity contribution in [3.05, 3.63) is 126 Å². The lowest BCUT2D eigenvalue weighted by atomic mass is 9.55. The van der Waals surface area contributed by atoms with Gasteiger partial charge in [-0.1, -0.05) is 131 Å². The fourth-order valence-electron chi connectivity index (χ4n) is 12.0. The second-order valence-electron chi connectivity index (χ2n) is 21.2. The smallest absolute Gasteiger partial charge is 0.417 e. The molecule has 4 aromatic rings. The molecule has 1 saturated carbocycles. The zero-order valence-electron chi connectivity index (χ0n) is 47.1. The molecule has 4 aliphatic rings. The second kappa shape index (κ2) is 30.2. The van der Waals surface area contributed by atoms with Crippen LogP contribution in [-0.2, 0) is 27.5 Å². The Bertz CT molecular complexity index is 2700. The number of hydrogen-bond acceptors (Lipinski definition) is 14. The van der Waals surface area contributed by atoms with Crippen molar-refractivity contribution in [1.29, 1.82) is 0 Å². The quantitative estimate of drug-likeness (QED) is 0.0239. The normalized spacial score (nSPS) is 20.8. The minimum Gasteiger partial charge on any atom is -0.497 e. The van der Waals surface area contributed by atoms with E-state index in [0.717, 1.165) is 60.8 Å². The SMILES string of the molecule is C=CCOC12Oc3ccc(OC(=O)Nc4ccc(OC)cc4OC)cc3C3C(CCCCO)C(CCCCO)C=C(C(=NOCc4ccccc4)CC1N(Cc1ccc4c(c1)OCO4)C(=O)OCCCCCCCCCCCC)C32. The molecule has 80 heavy (non-hydrogen) atoms. The number of carbonyl (C=O) groups is 2. The highest BCUT2D eigenvalue weighted by molar-refractivity contribution is 6.03. The van der Waals surface area contributed by atoms with Crippen LogP contribution in [0.2, 0.25) is 0 Å². The number of ether oxygens (including phenoxy) is 8. The van der Waals surface area contributed by atoms with E-state index in [-0.39, 0.29) is 70.4 Å². The average Bonchev–Trinajstić information content (AvgIpc) is 4.05.